The van der Waals surface area contributed by atoms with Gasteiger partial charge < -0.3 is 14.0 Å². The van der Waals surface area contributed by atoms with Gasteiger partial charge in [-0.3, -0.25) is 9.69 Å². The van der Waals surface area contributed by atoms with Crippen LogP contribution in [0.1, 0.15) is 22.3 Å². The van der Waals surface area contributed by atoms with Gasteiger partial charge in [0.15, 0.2) is 5.43 Å². The van der Waals surface area contributed by atoms with E-state index in [0.717, 1.165) is 55.4 Å². The molecule has 2 aromatic heterocycles. The second kappa shape index (κ2) is 11.3. The topological polar surface area (TPSA) is 43.7 Å². The molecule has 0 N–H and O–H groups in total. The summed E-state index contributed by atoms with van der Waals surface area (Å²) in [4.78, 5) is 18.0. The van der Waals surface area contributed by atoms with E-state index >= 15 is 0 Å². The summed E-state index contributed by atoms with van der Waals surface area (Å²) >= 11 is 1.68. The maximum Gasteiger partial charge on any atom is 0.193 e. The van der Waals surface area contributed by atoms with Crippen molar-refractivity contribution in [3.05, 3.63) is 118 Å². The lowest BCUT2D eigenvalue weighted by molar-refractivity contribution is 0.321. The van der Waals surface area contributed by atoms with Crippen LogP contribution in [0.2, 0.25) is 0 Å². The van der Waals surface area contributed by atoms with Crippen molar-refractivity contribution in [1.82, 2.24) is 9.47 Å². The molecular weight excluding hydrogens is 492 g/mol. The first-order valence-electron chi connectivity index (χ1n) is 12.6. The zero-order valence-electron chi connectivity index (χ0n) is 22.2. The number of thiophene rings is 1. The molecule has 3 aromatic carbocycles. The van der Waals surface area contributed by atoms with Gasteiger partial charge in [-0.2, -0.15) is 0 Å². The SMILES string of the molecule is COc1ccc(-c2sc3c(c2CN(C)Cc2ccccc2)c(=O)c(C)cn3Cc2ccccc2OC)cc1. The molecule has 0 unspecified atom stereocenters. The summed E-state index contributed by atoms with van der Waals surface area (Å²) in [6.07, 6.45) is 1.98. The molecule has 0 aliphatic heterocycles. The fourth-order valence-electron chi connectivity index (χ4n) is 4.92. The van der Waals surface area contributed by atoms with Crippen LogP contribution in [0.5, 0.6) is 11.5 Å². The quantitative estimate of drug-likeness (QED) is 0.214. The second-order valence-electron chi connectivity index (χ2n) is 9.56. The summed E-state index contributed by atoms with van der Waals surface area (Å²) in [7, 11) is 5.47. The van der Waals surface area contributed by atoms with Gasteiger partial charge in [0.25, 0.3) is 0 Å². The Kier molecular flexibility index (Phi) is 7.63. The van der Waals surface area contributed by atoms with Crippen molar-refractivity contribution in [3.63, 3.8) is 0 Å². The third-order valence-electron chi connectivity index (χ3n) is 6.79. The van der Waals surface area contributed by atoms with Gasteiger partial charge in [0.1, 0.15) is 16.3 Å². The van der Waals surface area contributed by atoms with Crippen LogP contribution in [-0.2, 0) is 19.6 Å². The number of nitrogens with zero attached hydrogens (tertiary/aromatic N) is 2. The average molecular weight is 525 g/mol. The summed E-state index contributed by atoms with van der Waals surface area (Å²) in [5, 5.41) is 0.802. The fourth-order valence-corrected chi connectivity index (χ4v) is 6.21. The average Bonchev–Trinajstić information content (AvgIpc) is 3.31. The van der Waals surface area contributed by atoms with Crippen molar-refractivity contribution < 1.29 is 9.47 Å². The first-order valence-corrected chi connectivity index (χ1v) is 13.4. The Hall–Kier alpha value is -3.87. The molecular formula is C32H32N2O3S. The number of para-hydroxylation sites is 1. The lowest BCUT2D eigenvalue weighted by Gasteiger charge is -2.18. The molecule has 0 spiro atoms. The molecule has 5 aromatic rings. The molecule has 0 amide bonds. The van der Waals surface area contributed by atoms with E-state index in [1.807, 2.05) is 49.5 Å². The van der Waals surface area contributed by atoms with Crippen LogP contribution >= 0.6 is 11.3 Å². The zero-order valence-corrected chi connectivity index (χ0v) is 23.0. The highest BCUT2D eigenvalue weighted by molar-refractivity contribution is 7.22. The maximum atomic E-state index is 13.7. The maximum absolute atomic E-state index is 13.7. The van der Waals surface area contributed by atoms with Crippen molar-refractivity contribution in [1.29, 1.82) is 0 Å². The van der Waals surface area contributed by atoms with E-state index in [2.05, 4.69) is 59.0 Å². The minimum atomic E-state index is 0.0930. The summed E-state index contributed by atoms with van der Waals surface area (Å²) in [6, 6.07) is 26.6. The molecule has 0 radical (unpaired) electrons. The lowest BCUT2D eigenvalue weighted by atomic mass is 10.0. The molecule has 2 heterocycles. The third kappa shape index (κ3) is 5.23. The van der Waals surface area contributed by atoms with Gasteiger partial charge in [-0.15, -0.1) is 11.3 Å². The monoisotopic (exact) mass is 524 g/mol. The van der Waals surface area contributed by atoms with E-state index in [0.29, 0.717) is 13.1 Å². The second-order valence-corrected chi connectivity index (χ2v) is 10.6. The highest BCUT2D eigenvalue weighted by Crippen LogP contribution is 2.39. The molecule has 0 saturated carbocycles. The van der Waals surface area contributed by atoms with Crippen LogP contribution in [0.3, 0.4) is 0 Å². The number of pyridine rings is 1. The Morgan fingerprint density at radius 3 is 2.29 bits per heavy atom. The minimum Gasteiger partial charge on any atom is -0.497 e. The predicted octanol–water partition coefficient (Wildman–Crippen LogP) is 6.74. The number of fused-ring (bicyclic) bond motifs is 1. The fraction of sp³-hybridized carbons (Fsp3) is 0.219. The van der Waals surface area contributed by atoms with Gasteiger partial charge in [0, 0.05) is 35.3 Å². The molecule has 194 valence electrons. The van der Waals surface area contributed by atoms with Crippen LogP contribution in [-0.4, -0.2) is 30.7 Å². The van der Waals surface area contributed by atoms with E-state index < -0.39 is 0 Å². The van der Waals surface area contributed by atoms with E-state index in [4.69, 9.17) is 9.47 Å². The van der Waals surface area contributed by atoms with Crippen molar-refractivity contribution in [2.45, 2.75) is 26.6 Å². The normalized spacial score (nSPS) is 11.3. The molecule has 6 heteroatoms. The van der Waals surface area contributed by atoms with Gasteiger partial charge >= 0.3 is 0 Å². The molecule has 0 bridgehead atoms. The van der Waals surface area contributed by atoms with E-state index in [1.165, 1.54) is 5.56 Å². The summed E-state index contributed by atoms with van der Waals surface area (Å²) in [5.41, 5.74) is 5.28. The summed E-state index contributed by atoms with van der Waals surface area (Å²) in [5.74, 6) is 1.65. The largest absolute Gasteiger partial charge is 0.497 e. The molecule has 38 heavy (non-hydrogen) atoms. The van der Waals surface area contributed by atoms with Gasteiger partial charge in [0.05, 0.1) is 26.2 Å². The summed E-state index contributed by atoms with van der Waals surface area (Å²) < 4.78 is 13.2. The number of ether oxygens (including phenoxy) is 2. The highest BCUT2D eigenvalue weighted by atomic mass is 32.1. The van der Waals surface area contributed by atoms with Crippen molar-refractivity contribution >= 4 is 21.6 Å². The molecule has 0 atom stereocenters. The molecule has 5 rings (SSSR count). The lowest BCUT2D eigenvalue weighted by Crippen LogP contribution is -2.19. The molecule has 0 aliphatic carbocycles. The standard InChI is InChI=1S/C32H32N2O3S/c1-22-18-34(20-25-12-8-9-13-28(25)37-4)32-29(30(22)35)27(21-33(2)19-23-10-6-5-7-11-23)31(38-32)24-14-16-26(36-3)17-15-24/h5-18H,19-21H2,1-4H3. The molecule has 0 fully saturated rings. The zero-order chi connectivity index (χ0) is 26.6. The first-order chi connectivity index (χ1) is 18.5. The molecule has 5 nitrogen and oxygen atoms in total. The summed E-state index contributed by atoms with van der Waals surface area (Å²) in [6.45, 7) is 3.97. The van der Waals surface area contributed by atoms with Gasteiger partial charge in [-0.05, 0) is 61.0 Å². The molecule has 0 saturated heterocycles. The number of hydrogen-bond acceptors (Lipinski definition) is 5. The van der Waals surface area contributed by atoms with E-state index in [1.54, 1.807) is 25.6 Å². The molecule has 0 aliphatic rings. The van der Waals surface area contributed by atoms with Crippen LogP contribution in [0.4, 0.5) is 0 Å². The Morgan fingerprint density at radius 2 is 1.58 bits per heavy atom. The van der Waals surface area contributed by atoms with Crippen molar-refractivity contribution in [2.75, 3.05) is 21.3 Å². The van der Waals surface area contributed by atoms with Gasteiger partial charge in [-0.25, -0.2) is 0 Å². The number of aryl methyl sites for hydroxylation is 1. The van der Waals surface area contributed by atoms with Crippen molar-refractivity contribution in [3.8, 4) is 21.9 Å². The van der Waals surface area contributed by atoms with Crippen LogP contribution in [0, 0.1) is 6.92 Å². The van der Waals surface area contributed by atoms with Crippen molar-refractivity contribution in [2.24, 2.45) is 0 Å². The number of benzene rings is 3. The Bertz CT molecular complexity index is 1600. The van der Waals surface area contributed by atoms with E-state index in [-0.39, 0.29) is 5.43 Å². The van der Waals surface area contributed by atoms with Crippen LogP contribution in [0.15, 0.2) is 89.9 Å². The minimum absolute atomic E-state index is 0.0930. The predicted molar refractivity (Wildman–Crippen MR) is 157 cm³/mol. The number of hydrogen-bond donors (Lipinski definition) is 0. The Morgan fingerprint density at radius 1 is 0.868 bits per heavy atom. The number of rotatable bonds is 9. The number of methoxy groups -OCH3 is 2. The third-order valence-corrected chi connectivity index (χ3v) is 8.11. The Balaban J connectivity index is 1.66. The Labute approximate surface area is 227 Å². The van der Waals surface area contributed by atoms with Gasteiger partial charge in [-0.1, -0.05) is 48.5 Å². The van der Waals surface area contributed by atoms with Gasteiger partial charge in [0.2, 0.25) is 0 Å². The number of aromatic nitrogens is 1. The highest BCUT2D eigenvalue weighted by Gasteiger charge is 2.21. The van der Waals surface area contributed by atoms with Crippen LogP contribution in [0.25, 0.3) is 20.7 Å². The smallest absolute Gasteiger partial charge is 0.193 e. The van der Waals surface area contributed by atoms with Crippen LogP contribution < -0.4 is 14.9 Å². The van der Waals surface area contributed by atoms with E-state index in [9.17, 15) is 4.79 Å². The first kappa shape index (κ1) is 25.8.